The van der Waals surface area contributed by atoms with Gasteiger partial charge < -0.3 is 5.32 Å². The van der Waals surface area contributed by atoms with Crippen molar-refractivity contribution in [2.45, 2.75) is 62.6 Å². The second kappa shape index (κ2) is 6.86. The summed E-state index contributed by atoms with van der Waals surface area (Å²) in [7, 11) is -0.912. The van der Waals surface area contributed by atoms with Crippen molar-refractivity contribution < 1.29 is 4.21 Å². The maximum Gasteiger partial charge on any atom is 0.0576 e. The molecule has 112 valence electrons. The topological polar surface area (TPSA) is 29.1 Å². The lowest BCUT2D eigenvalue weighted by Crippen LogP contribution is -2.48. The molecular weight excluding hydrogens is 266 g/mol. The third kappa shape index (κ3) is 3.92. The molecule has 0 aliphatic heterocycles. The lowest BCUT2D eigenvalue weighted by atomic mass is 9.75. The first-order valence-electron chi connectivity index (χ1n) is 7.72. The summed E-state index contributed by atoms with van der Waals surface area (Å²) < 4.78 is 12.9. The molecule has 3 atom stereocenters. The lowest BCUT2D eigenvalue weighted by Gasteiger charge is -2.40. The van der Waals surface area contributed by atoms with Crippen molar-refractivity contribution in [2.75, 3.05) is 6.54 Å². The smallest absolute Gasteiger partial charge is 0.0576 e. The predicted molar refractivity (Wildman–Crippen MR) is 86.4 cm³/mol. The Kier molecular flexibility index (Phi) is 5.39. The van der Waals surface area contributed by atoms with E-state index < -0.39 is 10.8 Å². The molecular formula is C17H27NOS. The van der Waals surface area contributed by atoms with Crippen LogP contribution < -0.4 is 5.32 Å². The quantitative estimate of drug-likeness (QED) is 0.896. The summed E-state index contributed by atoms with van der Waals surface area (Å²) in [5.74, 6) is 0. The molecule has 0 radical (unpaired) electrons. The normalized spacial score (nSPS) is 27.1. The van der Waals surface area contributed by atoms with Crippen LogP contribution in [-0.4, -0.2) is 22.0 Å². The van der Waals surface area contributed by atoms with Crippen molar-refractivity contribution in [1.29, 1.82) is 0 Å². The predicted octanol–water partition coefficient (Wildman–Crippen LogP) is 3.74. The van der Waals surface area contributed by atoms with Crippen molar-refractivity contribution in [3.63, 3.8) is 0 Å². The maximum absolute atomic E-state index is 12.9. The van der Waals surface area contributed by atoms with Crippen molar-refractivity contribution in [1.82, 2.24) is 5.32 Å². The average molecular weight is 293 g/mol. The molecule has 1 N–H and O–H groups in total. The highest BCUT2D eigenvalue weighted by molar-refractivity contribution is 7.85. The molecule has 0 bridgehead atoms. The molecule has 0 saturated heterocycles. The molecule has 3 heteroatoms. The number of hydrogen-bond donors (Lipinski definition) is 1. The van der Waals surface area contributed by atoms with Crippen LogP contribution in [0.1, 0.15) is 46.5 Å². The molecule has 0 spiro atoms. The fraction of sp³-hybridized carbons (Fsp3) is 0.647. The van der Waals surface area contributed by atoms with E-state index >= 15 is 0 Å². The van der Waals surface area contributed by atoms with Crippen molar-refractivity contribution in [3.05, 3.63) is 30.3 Å². The zero-order valence-electron chi connectivity index (χ0n) is 12.9. The van der Waals surface area contributed by atoms with Crippen LogP contribution in [0.4, 0.5) is 0 Å². The summed E-state index contributed by atoms with van der Waals surface area (Å²) in [4.78, 5) is 0.971. The van der Waals surface area contributed by atoms with Gasteiger partial charge in [0.2, 0.25) is 0 Å². The van der Waals surface area contributed by atoms with E-state index in [1.54, 1.807) is 0 Å². The van der Waals surface area contributed by atoms with Gasteiger partial charge in [-0.2, -0.15) is 0 Å². The van der Waals surface area contributed by atoms with Gasteiger partial charge in [-0.05, 0) is 49.8 Å². The zero-order valence-corrected chi connectivity index (χ0v) is 13.7. The van der Waals surface area contributed by atoms with E-state index in [0.29, 0.717) is 11.5 Å². The minimum absolute atomic E-state index is 0.229. The molecule has 0 aromatic heterocycles. The van der Waals surface area contributed by atoms with E-state index in [0.717, 1.165) is 30.7 Å². The van der Waals surface area contributed by atoms with Gasteiger partial charge in [-0.3, -0.25) is 4.21 Å². The number of rotatable bonds is 5. The van der Waals surface area contributed by atoms with E-state index in [1.165, 1.54) is 6.42 Å². The Morgan fingerprint density at radius 3 is 2.65 bits per heavy atom. The Hall–Kier alpha value is -0.670. The zero-order chi connectivity index (χ0) is 14.6. The molecule has 1 aromatic rings. The van der Waals surface area contributed by atoms with E-state index in [2.05, 4.69) is 26.1 Å². The molecule has 1 aliphatic carbocycles. The van der Waals surface area contributed by atoms with Gasteiger partial charge in [0.25, 0.3) is 0 Å². The summed E-state index contributed by atoms with van der Waals surface area (Å²) in [5, 5.41) is 3.85. The third-order valence-electron chi connectivity index (χ3n) is 4.24. The van der Waals surface area contributed by atoms with Crippen LogP contribution in [0.15, 0.2) is 35.2 Å². The van der Waals surface area contributed by atoms with Gasteiger partial charge >= 0.3 is 0 Å². The van der Waals surface area contributed by atoms with Crippen molar-refractivity contribution >= 4 is 10.8 Å². The first kappa shape index (κ1) is 15.7. The van der Waals surface area contributed by atoms with Crippen LogP contribution >= 0.6 is 0 Å². The second-order valence-corrected chi connectivity index (χ2v) is 8.29. The lowest BCUT2D eigenvalue weighted by molar-refractivity contribution is 0.212. The van der Waals surface area contributed by atoms with Gasteiger partial charge in [0.1, 0.15) is 0 Å². The minimum atomic E-state index is -0.912. The Morgan fingerprint density at radius 1 is 1.30 bits per heavy atom. The largest absolute Gasteiger partial charge is 0.313 e. The van der Waals surface area contributed by atoms with E-state index in [1.807, 2.05) is 30.3 Å². The summed E-state index contributed by atoms with van der Waals surface area (Å²) in [6.07, 6.45) is 4.52. The first-order valence-corrected chi connectivity index (χ1v) is 8.94. The Morgan fingerprint density at radius 2 is 2.00 bits per heavy atom. The summed E-state index contributed by atoms with van der Waals surface area (Å²) in [6, 6.07) is 10.3. The fourth-order valence-electron chi connectivity index (χ4n) is 3.04. The van der Waals surface area contributed by atoms with Gasteiger partial charge in [-0.25, -0.2) is 0 Å². The van der Waals surface area contributed by atoms with Crippen LogP contribution in [0, 0.1) is 5.41 Å². The first-order chi connectivity index (χ1) is 9.53. The van der Waals surface area contributed by atoms with E-state index in [-0.39, 0.29) is 5.25 Å². The van der Waals surface area contributed by atoms with Gasteiger partial charge in [-0.1, -0.05) is 39.0 Å². The molecule has 1 aliphatic rings. The highest BCUT2D eigenvalue weighted by Crippen LogP contribution is 2.38. The minimum Gasteiger partial charge on any atom is -0.313 e. The van der Waals surface area contributed by atoms with E-state index in [9.17, 15) is 4.21 Å². The number of hydrogen-bond acceptors (Lipinski definition) is 2. The van der Waals surface area contributed by atoms with Gasteiger partial charge in [0, 0.05) is 10.9 Å². The van der Waals surface area contributed by atoms with Gasteiger partial charge in [-0.15, -0.1) is 0 Å². The molecule has 1 saturated carbocycles. The van der Waals surface area contributed by atoms with E-state index in [4.69, 9.17) is 0 Å². The van der Waals surface area contributed by atoms with Crippen LogP contribution in [0.2, 0.25) is 0 Å². The molecule has 3 unspecified atom stereocenters. The monoisotopic (exact) mass is 293 g/mol. The third-order valence-corrected chi connectivity index (χ3v) is 6.02. The summed E-state index contributed by atoms with van der Waals surface area (Å²) in [6.45, 7) is 7.81. The molecule has 20 heavy (non-hydrogen) atoms. The number of nitrogens with one attached hydrogen (secondary N) is 1. The average Bonchev–Trinajstić information content (AvgIpc) is 2.45. The molecule has 0 heterocycles. The summed E-state index contributed by atoms with van der Waals surface area (Å²) >= 11 is 0. The highest BCUT2D eigenvalue weighted by atomic mass is 32.2. The van der Waals surface area contributed by atoms with Crippen molar-refractivity contribution in [2.24, 2.45) is 5.41 Å². The standard InChI is InChI=1S/C17H27NOS/c1-4-12-18-15-10-11-17(2,3)13-16(15)20(19)14-8-6-5-7-9-14/h5-9,15-16,18H,4,10-13H2,1-3H3. The van der Waals surface area contributed by atoms with Gasteiger partial charge in [0.15, 0.2) is 0 Å². The van der Waals surface area contributed by atoms with Crippen LogP contribution in [0.3, 0.4) is 0 Å². The SMILES string of the molecule is CCCNC1CCC(C)(C)CC1S(=O)c1ccccc1. The van der Waals surface area contributed by atoms with Crippen molar-refractivity contribution in [3.8, 4) is 0 Å². The number of benzene rings is 1. The van der Waals surface area contributed by atoms with Crippen LogP contribution in [0.5, 0.6) is 0 Å². The molecule has 0 amide bonds. The fourth-order valence-corrected chi connectivity index (χ4v) is 4.95. The maximum atomic E-state index is 12.9. The molecule has 2 rings (SSSR count). The second-order valence-electron chi connectivity index (χ2n) is 6.62. The Labute approximate surface area is 125 Å². The van der Waals surface area contributed by atoms with Crippen LogP contribution in [-0.2, 0) is 10.8 Å². The van der Waals surface area contributed by atoms with Crippen LogP contribution in [0.25, 0.3) is 0 Å². The molecule has 2 nitrogen and oxygen atoms in total. The molecule has 1 aromatic carbocycles. The summed E-state index contributed by atoms with van der Waals surface area (Å²) in [5.41, 5.74) is 0.305. The molecule has 1 fully saturated rings. The Balaban J connectivity index is 2.16. The Bertz CT molecular complexity index is 444. The van der Waals surface area contributed by atoms with Gasteiger partial charge in [0.05, 0.1) is 16.0 Å². The highest BCUT2D eigenvalue weighted by Gasteiger charge is 2.38.